The number of hydroxylamine groups is 1. The number of anilines is 2. The minimum atomic E-state index is -0.928. The first kappa shape index (κ1) is 21.1. The van der Waals surface area contributed by atoms with Gasteiger partial charge in [0, 0.05) is 4.88 Å². The molecule has 0 unspecified atom stereocenters. The predicted molar refractivity (Wildman–Crippen MR) is 129 cm³/mol. The van der Waals surface area contributed by atoms with Crippen molar-refractivity contribution in [2.75, 3.05) is 9.96 Å². The molecule has 0 saturated carbocycles. The molecule has 2 aromatic carbocycles. The van der Waals surface area contributed by atoms with Crippen LogP contribution in [-0.4, -0.2) is 17.9 Å². The molecule has 3 heterocycles. The van der Waals surface area contributed by atoms with Crippen molar-refractivity contribution in [1.82, 2.24) is 0 Å². The summed E-state index contributed by atoms with van der Waals surface area (Å²) < 4.78 is 0. The van der Waals surface area contributed by atoms with Crippen LogP contribution in [0.25, 0.3) is 0 Å². The number of nitrogens with zero attached hydrogens (tertiary/aromatic N) is 3. The van der Waals surface area contributed by atoms with E-state index in [0.29, 0.717) is 10.6 Å². The van der Waals surface area contributed by atoms with Crippen molar-refractivity contribution in [1.29, 1.82) is 5.26 Å². The van der Waals surface area contributed by atoms with Gasteiger partial charge in [-0.25, -0.2) is 9.96 Å². The molecule has 2 fully saturated rings. The zero-order chi connectivity index (χ0) is 23.4. The molecule has 6 nitrogen and oxygen atoms in total. The van der Waals surface area contributed by atoms with Crippen LogP contribution in [0.2, 0.25) is 0 Å². The van der Waals surface area contributed by atoms with Crippen molar-refractivity contribution in [3.63, 3.8) is 0 Å². The third kappa shape index (κ3) is 3.03. The standard InChI is InChI=1S/C27H23N3O3S/c1-16-9-5-7-13-20(16)30-23(17-10-3-2-4-11-17)22-24(33-30)26(32)29(25(22)31)27-19(15-28)18-12-6-8-14-21(18)34-27/h2-5,7,9-11,13,22-24H,6,8,12,14H2,1H3/t22-,23-,24+/m1/s1. The van der Waals surface area contributed by atoms with E-state index >= 15 is 0 Å². The van der Waals surface area contributed by atoms with Crippen LogP contribution < -0.4 is 9.96 Å². The Balaban J connectivity index is 1.45. The molecule has 3 aliphatic rings. The molecule has 2 saturated heterocycles. The smallest absolute Gasteiger partial charge is 0.267 e. The molecule has 3 aromatic rings. The van der Waals surface area contributed by atoms with Crippen LogP contribution in [0.5, 0.6) is 0 Å². The van der Waals surface area contributed by atoms with E-state index in [4.69, 9.17) is 4.84 Å². The lowest BCUT2D eigenvalue weighted by atomic mass is 9.90. The third-order valence-corrected chi connectivity index (χ3v) is 8.35. The number of fused-ring (bicyclic) bond motifs is 2. The summed E-state index contributed by atoms with van der Waals surface area (Å²) in [6.45, 7) is 1.99. The molecule has 0 spiro atoms. The molecule has 34 heavy (non-hydrogen) atoms. The molecule has 0 N–H and O–H groups in total. The summed E-state index contributed by atoms with van der Waals surface area (Å²) in [5.74, 6) is -1.38. The zero-order valence-electron chi connectivity index (χ0n) is 18.7. The maximum atomic E-state index is 13.9. The first-order valence-corrected chi connectivity index (χ1v) is 12.4. The highest BCUT2D eigenvalue weighted by atomic mass is 32.1. The van der Waals surface area contributed by atoms with Crippen molar-refractivity contribution >= 4 is 33.8 Å². The third-order valence-electron chi connectivity index (χ3n) is 7.08. The number of benzene rings is 2. The lowest BCUT2D eigenvalue weighted by Crippen LogP contribution is -2.37. The molecular weight excluding hydrogens is 446 g/mol. The Morgan fingerprint density at radius 3 is 2.50 bits per heavy atom. The van der Waals surface area contributed by atoms with Gasteiger partial charge in [-0.1, -0.05) is 48.5 Å². The van der Waals surface area contributed by atoms with Crippen molar-refractivity contribution in [3.8, 4) is 6.07 Å². The van der Waals surface area contributed by atoms with Crippen LogP contribution in [0.3, 0.4) is 0 Å². The van der Waals surface area contributed by atoms with Gasteiger partial charge in [0.25, 0.3) is 5.91 Å². The molecule has 7 heteroatoms. The Morgan fingerprint density at radius 1 is 1.00 bits per heavy atom. The molecule has 0 radical (unpaired) electrons. The monoisotopic (exact) mass is 469 g/mol. The number of imide groups is 1. The number of rotatable bonds is 3. The molecule has 1 aromatic heterocycles. The van der Waals surface area contributed by atoms with Crippen molar-refractivity contribution < 1.29 is 14.4 Å². The molecule has 2 aliphatic heterocycles. The Hall–Kier alpha value is -3.47. The summed E-state index contributed by atoms with van der Waals surface area (Å²) in [6, 6.07) is 19.4. The maximum absolute atomic E-state index is 13.9. The van der Waals surface area contributed by atoms with E-state index in [1.807, 2.05) is 61.5 Å². The van der Waals surface area contributed by atoms with Crippen LogP contribution >= 0.6 is 11.3 Å². The van der Waals surface area contributed by atoms with Crippen LogP contribution in [0, 0.1) is 24.2 Å². The Bertz CT molecular complexity index is 1340. The van der Waals surface area contributed by atoms with Gasteiger partial charge in [-0.3, -0.25) is 14.4 Å². The molecule has 170 valence electrons. The Labute approximate surface area is 201 Å². The number of thiophene rings is 1. The number of carbonyl (C=O) groups is 2. The van der Waals surface area contributed by atoms with Crippen LogP contribution in [0.4, 0.5) is 10.7 Å². The average Bonchev–Trinajstić information content (AvgIpc) is 3.50. The van der Waals surface area contributed by atoms with Gasteiger partial charge in [0.05, 0.1) is 17.3 Å². The molecule has 6 rings (SSSR count). The largest absolute Gasteiger partial charge is 0.273 e. The van der Waals surface area contributed by atoms with Gasteiger partial charge in [-0.15, -0.1) is 11.3 Å². The number of hydrogen-bond acceptors (Lipinski definition) is 6. The Morgan fingerprint density at radius 2 is 1.74 bits per heavy atom. The predicted octanol–water partition coefficient (Wildman–Crippen LogP) is 4.86. The van der Waals surface area contributed by atoms with Gasteiger partial charge in [-0.2, -0.15) is 5.26 Å². The highest BCUT2D eigenvalue weighted by Crippen LogP contribution is 2.50. The normalized spacial score (nSPS) is 23.7. The maximum Gasteiger partial charge on any atom is 0.267 e. The van der Waals surface area contributed by atoms with Crippen LogP contribution in [0.1, 0.15) is 46.0 Å². The van der Waals surface area contributed by atoms with Gasteiger partial charge in [0.1, 0.15) is 17.0 Å². The second kappa shape index (κ2) is 8.08. The van der Waals surface area contributed by atoms with E-state index in [0.717, 1.165) is 52.9 Å². The summed E-state index contributed by atoms with van der Waals surface area (Å²) >= 11 is 1.42. The molecule has 0 bridgehead atoms. The van der Waals surface area contributed by atoms with Gasteiger partial charge >= 0.3 is 0 Å². The van der Waals surface area contributed by atoms with Crippen molar-refractivity contribution in [3.05, 3.63) is 81.7 Å². The summed E-state index contributed by atoms with van der Waals surface area (Å²) in [6.07, 6.45) is 2.87. The summed E-state index contributed by atoms with van der Waals surface area (Å²) in [5.41, 5.74) is 4.23. The summed E-state index contributed by atoms with van der Waals surface area (Å²) in [7, 11) is 0. The quantitative estimate of drug-likeness (QED) is 0.512. The number of hydrogen-bond donors (Lipinski definition) is 0. The number of aryl methyl sites for hydroxylation is 2. The van der Waals surface area contributed by atoms with E-state index in [1.54, 1.807) is 5.06 Å². The lowest BCUT2D eigenvalue weighted by molar-refractivity contribution is -0.126. The molecular formula is C27H23N3O3S. The fourth-order valence-electron chi connectivity index (χ4n) is 5.45. The second-order valence-electron chi connectivity index (χ2n) is 9.03. The second-order valence-corrected chi connectivity index (χ2v) is 10.1. The van der Waals surface area contributed by atoms with Gasteiger partial charge in [-0.05, 0) is 55.4 Å². The minimum Gasteiger partial charge on any atom is -0.273 e. The highest BCUT2D eigenvalue weighted by molar-refractivity contribution is 7.17. The number of carbonyl (C=O) groups excluding carboxylic acids is 2. The van der Waals surface area contributed by atoms with E-state index in [2.05, 4.69) is 6.07 Å². The SMILES string of the molecule is Cc1ccccc1N1O[C@@H]2C(=O)N(c3sc4c(c3C#N)CCCC4)C(=O)[C@@H]2[C@H]1c1ccccc1. The van der Waals surface area contributed by atoms with Gasteiger partial charge < -0.3 is 0 Å². The fraction of sp³-hybridized carbons (Fsp3) is 0.296. The van der Waals surface area contributed by atoms with Crippen molar-refractivity contribution in [2.45, 2.75) is 44.8 Å². The molecule has 1 aliphatic carbocycles. The topological polar surface area (TPSA) is 73.6 Å². The van der Waals surface area contributed by atoms with Gasteiger partial charge in [0.15, 0.2) is 6.10 Å². The number of amides is 2. The summed E-state index contributed by atoms with van der Waals surface area (Å²) in [4.78, 5) is 36.2. The number of para-hydroxylation sites is 1. The number of nitriles is 1. The van der Waals surface area contributed by atoms with Crippen LogP contribution in [0.15, 0.2) is 54.6 Å². The zero-order valence-corrected chi connectivity index (χ0v) is 19.5. The van der Waals surface area contributed by atoms with E-state index in [9.17, 15) is 14.9 Å². The van der Waals surface area contributed by atoms with Crippen molar-refractivity contribution in [2.24, 2.45) is 5.92 Å². The van der Waals surface area contributed by atoms with E-state index in [-0.39, 0.29) is 11.8 Å². The Kier molecular flexibility index (Phi) is 5.01. The first-order chi connectivity index (χ1) is 16.6. The van der Waals surface area contributed by atoms with Gasteiger partial charge in [0.2, 0.25) is 5.91 Å². The van der Waals surface area contributed by atoms with E-state index < -0.39 is 18.1 Å². The molecule has 3 atom stereocenters. The fourth-order valence-corrected chi connectivity index (χ4v) is 6.80. The minimum absolute atomic E-state index is 0.296. The lowest BCUT2D eigenvalue weighted by Gasteiger charge is -2.29. The van der Waals surface area contributed by atoms with Crippen LogP contribution in [-0.2, 0) is 27.3 Å². The average molecular weight is 470 g/mol. The first-order valence-electron chi connectivity index (χ1n) is 11.6. The van der Waals surface area contributed by atoms with E-state index in [1.165, 1.54) is 16.2 Å². The highest BCUT2D eigenvalue weighted by Gasteiger charge is 2.61. The molecule has 2 amide bonds. The summed E-state index contributed by atoms with van der Waals surface area (Å²) in [5, 5.41) is 12.1.